The van der Waals surface area contributed by atoms with Gasteiger partial charge in [-0.2, -0.15) is 0 Å². The van der Waals surface area contributed by atoms with Gasteiger partial charge >= 0.3 is 5.97 Å². The van der Waals surface area contributed by atoms with Crippen molar-refractivity contribution in [1.29, 1.82) is 0 Å². The number of anilines is 2. The van der Waals surface area contributed by atoms with E-state index in [0.29, 0.717) is 40.4 Å². The van der Waals surface area contributed by atoms with Gasteiger partial charge in [0.15, 0.2) is 0 Å². The van der Waals surface area contributed by atoms with Gasteiger partial charge < -0.3 is 25.0 Å². The van der Waals surface area contributed by atoms with Crippen LogP contribution >= 0.6 is 0 Å². The molecule has 1 amide bonds. The molecule has 1 heterocycles. The monoisotopic (exact) mass is 503 g/mol. The number of nitrogens with one attached hydrogen (secondary N) is 2. The summed E-state index contributed by atoms with van der Waals surface area (Å²) < 4.78 is 24.6. The van der Waals surface area contributed by atoms with E-state index in [9.17, 15) is 14.0 Å². The number of fused-ring (bicyclic) bond motifs is 1. The largest absolute Gasteiger partial charge is 0.493 e. The van der Waals surface area contributed by atoms with Crippen molar-refractivity contribution in [1.82, 2.24) is 4.90 Å². The first-order valence-electron chi connectivity index (χ1n) is 12.1. The Balaban J connectivity index is 1.69. The SMILES string of the molecule is CCOC(=O)CCOc1cccc(C(Nc2ccc(CN(C)C)cc2)=C2C(=O)Nc3cc(F)ccc32)c1. The third-order valence-corrected chi connectivity index (χ3v) is 5.70. The molecule has 8 heteroatoms. The maximum absolute atomic E-state index is 13.9. The fraction of sp³-hybridized carbons (Fsp3) is 0.241. The molecule has 0 bridgehead atoms. The molecule has 0 spiro atoms. The standard InChI is InChI=1S/C29H30FN3O4/c1-4-36-26(34)14-15-37-23-7-5-6-20(16-23)28(31-22-11-8-19(9-12-22)18-33(2)3)27-24-13-10-21(30)17-25(24)32-29(27)35/h5-13,16-17,31H,4,14-15,18H2,1-3H3,(H,32,35). The summed E-state index contributed by atoms with van der Waals surface area (Å²) in [6.07, 6.45) is 0.130. The number of rotatable bonds is 10. The van der Waals surface area contributed by atoms with Crippen LogP contribution in [0.15, 0.2) is 66.7 Å². The molecule has 3 aromatic rings. The van der Waals surface area contributed by atoms with Crippen molar-refractivity contribution < 1.29 is 23.5 Å². The van der Waals surface area contributed by atoms with E-state index in [-0.39, 0.29) is 24.9 Å². The van der Waals surface area contributed by atoms with Crippen LogP contribution in [0.4, 0.5) is 15.8 Å². The first-order chi connectivity index (χ1) is 17.8. The number of amides is 1. The lowest BCUT2D eigenvalue weighted by atomic mass is 9.99. The van der Waals surface area contributed by atoms with Gasteiger partial charge in [0.1, 0.15) is 11.6 Å². The lowest BCUT2D eigenvalue weighted by Gasteiger charge is -2.17. The highest BCUT2D eigenvalue weighted by Crippen LogP contribution is 2.38. The maximum atomic E-state index is 13.9. The molecule has 1 aliphatic rings. The summed E-state index contributed by atoms with van der Waals surface area (Å²) in [5, 5.41) is 6.17. The minimum Gasteiger partial charge on any atom is -0.493 e. The zero-order valence-corrected chi connectivity index (χ0v) is 21.1. The normalized spacial score (nSPS) is 13.7. The van der Waals surface area contributed by atoms with Crippen LogP contribution in [0.25, 0.3) is 11.3 Å². The number of carbonyl (C=O) groups excluding carboxylic acids is 2. The first kappa shape index (κ1) is 25.9. The Hall–Kier alpha value is -4.17. The van der Waals surface area contributed by atoms with Crippen molar-refractivity contribution in [3.05, 3.63) is 89.2 Å². The molecule has 0 unspecified atom stereocenters. The highest BCUT2D eigenvalue weighted by Gasteiger charge is 2.29. The minimum atomic E-state index is -0.428. The van der Waals surface area contributed by atoms with E-state index in [1.807, 2.05) is 50.5 Å². The first-order valence-corrected chi connectivity index (χ1v) is 12.1. The second kappa shape index (κ2) is 11.7. The molecule has 2 N–H and O–H groups in total. The van der Waals surface area contributed by atoms with E-state index >= 15 is 0 Å². The van der Waals surface area contributed by atoms with Crippen molar-refractivity contribution in [2.45, 2.75) is 19.9 Å². The van der Waals surface area contributed by atoms with Crippen molar-refractivity contribution in [3.8, 4) is 5.75 Å². The van der Waals surface area contributed by atoms with Gasteiger partial charge in [-0.05, 0) is 69.0 Å². The number of hydrogen-bond donors (Lipinski definition) is 2. The van der Waals surface area contributed by atoms with E-state index in [1.165, 1.54) is 12.1 Å². The number of halogens is 1. The van der Waals surface area contributed by atoms with Crippen molar-refractivity contribution in [2.75, 3.05) is 37.9 Å². The van der Waals surface area contributed by atoms with E-state index in [1.54, 1.807) is 25.1 Å². The zero-order chi connectivity index (χ0) is 26.4. The van der Waals surface area contributed by atoms with E-state index < -0.39 is 5.82 Å². The molecule has 37 heavy (non-hydrogen) atoms. The summed E-state index contributed by atoms with van der Waals surface area (Å²) in [6, 6.07) is 19.5. The molecule has 0 atom stereocenters. The van der Waals surface area contributed by atoms with Crippen LogP contribution in [0.5, 0.6) is 5.75 Å². The molecule has 0 fully saturated rings. The number of ether oxygens (including phenoxy) is 2. The van der Waals surface area contributed by atoms with Crippen LogP contribution in [0, 0.1) is 5.82 Å². The molecule has 0 saturated carbocycles. The number of esters is 1. The van der Waals surface area contributed by atoms with Gasteiger partial charge in [-0.3, -0.25) is 9.59 Å². The smallest absolute Gasteiger partial charge is 0.309 e. The summed E-state index contributed by atoms with van der Waals surface area (Å²) in [7, 11) is 4.02. The van der Waals surface area contributed by atoms with Gasteiger partial charge in [0.25, 0.3) is 5.91 Å². The van der Waals surface area contributed by atoms with Crippen LogP contribution in [-0.4, -0.2) is 44.1 Å². The number of benzene rings is 3. The fourth-order valence-electron chi connectivity index (χ4n) is 4.10. The average Bonchev–Trinajstić information content (AvgIpc) is 3.18. The molecule has 192 valence electrons. The predicted molar refractivity (Wildman–Crippen MR) is 142 cm³/mol. The van der Waals surface area contributed by atoms with Gasteiger partial charge in [-0.15, -0.1) is 0 Å². The lowest BCUT2D eigenvalue weighted by Crippen LogP contribution is -2.12. The highest BCUT2D eigenvalue weighted by molar-refractivity contribution is 6.37. The average molecular weight is 504 g/mol. The van der Waals surface area contributed by atoms with Gasteiger partial charge in [0, 0.05) is 23.4 Å². The third-order valence-electron chi connectivity index (χ3n) is 5.70. The number of carbonyl (C=O) groups is 2. The zero-order valence-electron chi connectivity index (χ0n) is 21.1. The Morgan fingerprint density at radius 3 is 2.57 bits per heavy atom. The fourth-order valence-corrected chi connectivity index (χ4v) is 4.10. The highest BCUT2D eigenvalue weighted by atomic mass is 19.1. The van der Waals surface area contributed by atoms with Crippen LogP contribution < -0.4 is 15.4 Å². The van der Waals surface area contributed by atoms with E-state index in [2.05, 4.69) is 15.5 Å². The molecule has 0 aromatic heterocycles. The Labute approximate surface area is 215 Å². The number of nitrogens with zero attached hydrogens (tertiary/aromatic N) is 1. The second-order valence-electron chi connectivity index (χ2n) is 8.89. The van der Waals surface area contributed by atoms with E-state index in [4.69, 9.17) is 9.47 Å². The number of hydrogen-bond acceptors (Lipinski definition) is 6. The summed E-state index contributed by atoms with van der Waals surface area (Å²) >= 11 is 0. The second-order valence-corrected chi connectivity index (χ2v) is 8.89. The Kier molecular flexibility index (Phi) is 8.20. The van der Waals surface area contributed by atoms with Crippen LogP contribution in [-0.2, 0) is 20.9 Å². The molecular weight excluding hydrogens is 473 g/mol. The Morgan fingerprint density at radius 2 is 1.84 bits per heavy atom. The van der Waals surface area contributed by atoms with Crippen molar-refractivity contribution >= 4 is 34.5 Å². The van der Waals surface area contributed by atoms with Crippen LogP contribution in [0.3, 0.4) is 0 Å². The van der Waals surface area contributed by atoms with E-state index in [0.717, 1.165) is 17.8 Å². The molecule has 4 rings (SSSR count). The molecule has 0 aliphatic carbocycles. The topological polar surface area (TPSA) is 79.9 Å². The van der Waals surface area contributed by atoms with Crippen molar-refractivity contribution in [2.24, 2.45) is 0 Å². The summed E-state index contributed by atoms with van der Waals surface area (Å²) in [4.78, 5) is 26.8. The molecule has 0 radical (unpaired) electrons. The maximum Gasteiger partial charge on any atom is 0.309 e. The van der Waals surface area contributed by atoms with Gasteiger partial charge in [0.05, 0.1) is 36.6 Å². The predicted octanol–water partition coefficient (Wildman–Crippen LogP) is 5.15. The van der Waals surface area contributed by atoms with Crippen molar-refractivity contribution in [3.63, 3.8) is 0 Å². The lowest BCUT2D eigenvalue weighted by molar-refractivity contribution is -0.143. The quantitative estimate of drug-likeness (QED) is 0.294. The van der Waals surface area contributed by atoms with Gasteiger partial charge in [-0.25, -0.2) is 4.39 Å². The Morgan fingerprint density at radius 1 is 1.05 bits per heavy atom. The molecule has 0 saturated heterocycles. The summed E-state index contributed by atoms with van der Waals surface area (Å²) in [6.45, 7) is 3.05. The Bertz CT molecular complexity index is 1320. The molecule has 7 nitrogen and oxygen atoms in total. The van der Waals surface area contributed by atoms with Gasteiger partial charge in [-0.1, -0.05) is 24.3 Å². The summed E-state index contributed by atoms with van der Waals surface area (Å²) in [5.41, 5.74) is 4.63. The minimum absolute atomic E-state index is 0.130. The molecular formula is C29H30FN3O4. The van der Waals surface area contributed by atoms with Crippen LogP contribution in [0.1, 0.15) is 30.0 Å². The summed E-state index contributed by atoms with van der Waals surface area (Å²) in [5.74, 6) is -0.544. The molecule has 3 aromatic carbocycles. The third kappa shape index (κ3) is 6.54. The van der Waals surface area contributed by atoms with Gasteiger partial charge in [0.2, 0.25) is 0 Å². The molecule has 1 aliphatic heterocycles. The van der Waals surface area contributed by atoms with Crippen LogP contribution in [0.2, 0.25) is 0 Å².